The second kappa shape index (κ2) is 7.16. The zero-order valence-corrected chi connectivity index (χ0v) is 12.6. The lowest BCUT2D eigenvalue weighted by Crippen LogP contribution is -2.13. The maximum atomic E-state index is 12.5. The van der Waals surface area contributed by atoms with E-state index in [9.17, 15) is 22.8 Å². The van der Waals surface area contributed by atoms with Gasteiger partial charge in [-0.3, -0.25) is 0 Å². The van der Waals surface area contributed by atoms with Crippen molar-refractivity contribution in [1.82, 2.24) is 0 Å². The van der Waals surface area contributed by atoms with Gasteiger partial charge in [0.05, 0.1) is 23.8 Å². The summed E-state index contributed by atoms with van der Waals surface area (Å²) in [7, 11) is 1.19. The number of carbonyl (C=O) groups excluding carboxylic acids is 2. The van der Waals surface area contributed by atoms with Crippen LogP contribution in [0.1, 0.15) is 31.8 Å². The van der Waals surface area contributed by atoms with Gasteiger partial charge in [-0.05, 0) is 29.8 Å². The van der Waals surface area contributed by atoms with Crippen LogP contribution in [-0.4, -0.2) is 19.0 Å². The average molecular weight is 338 g/mol. The fraction of sp³-hybridized carbons (Fsp3) is 0.176. The van der Waals surface area contributed by atoms with Gasteiger partial charge < -0.3 is 9.47 Å². The predicted molar refractivity (Wildman–Crippen MR) is 78.3 cm³/mol. The minimum absolute atomic E-state index is 0.0243. The van der Waals surface area contributed by atoms with Crippen LogP contribution in [0.5, 0.6) is 0 Å². The van der Waals surface area contributed by atoms with E-state index in [1.165, 1.54) is 31.4 Å². The standard InChI is InChI=1S/C17H13F3O4/c1-23-15(21)13-4-2-3-5-14(13)16(22)24-10-11-6-8-12(9-7-11)17(18,19)20/h2-9H,10H2,1H3. The number of esters is 2. The molecule has 0 saturated heterocycles. The normalized spacial score (nSPS) is 11.0. The summed E-state index contributed by atoms with van der Waals surface area (Å²) >= 11 is 0. The Hall–Kier alpha value is -2.83. The highest BCUT2D eigenvalue weighted by molar-refractivity contribution is 6.03. The van der Waals surface area contributed by atoms with E-state index in [1.54, 1.807) is 12.1 Å². The molecule has 2 rings (SSSR count). The number of hydrogen-bond acceptors (Lipinski definition) is 4. The van der Waals surface area contributed by atoms with Crippen LogP contribution in [0.4, 0.5) is 13.2 Å². The number of rotatable bonds is 4. The molecule has 0 atom stereocenters. The van der Waals surface area contributed by atoms with Gasteiger partial charge in [-0.15, -0.1) is 0 Å². The third kappa shape index (κ3) is 4.13. The molecule has 0 aliphatic heterocycles. The lowest BCUT2D eigenvalue weighted by molar-refractivity contribution is -0.137. The molecule has 0 aliphatic rings. The number of methoxy groups -OCH3 is 1. The Balaban J connectivity index is 2.08. The van der Waals surface area contributed by atoms with Crippen molar-refractivity contribution >= 4 is 11.9 Å². The van der Waals surface area contributed by atoms with Gasteiger partial charge in [0.25, 0.3) is 0 Å². The van der Waals surface area contributed by atoms with Gasteiger partial charge in [0, 0.05) is 0 Å². The first-order chi connectivity index (χ1) is 11.3. The van der Waals surface area contributed by atoms with E-state index >= 15 is 0 Å². The molecule has 4 nitrogen and oxygen atoms in total. The smallest absolute Gasteiger partial charge is 0.416 e. The molecule has 0 N–H and O–H groups in total. The van der Waals surface area contributed by atoms with E-state index in [2.05, 4.69) is 4.74 Å². The van der Waals surface area contributed by atoms with E-state index in [4.69, 9.17) is 4.74 Å². The lowest BCUT2D eigenvalue weighted by Gasteiger charge is -2.10. The number of hydrogen-bond donors (Lipinski definition) is 0. The highest BCUT2D eigenvalue weighted by atomic mass is 19.4. The Bertz CT molecular complexity index is 736. The van der Waals surface area contributed by atoms with Crippen LogP contribution in [0.15, 0.2) is 48.5 Å². The first-order valence-electron chi connectivity index (χ1n) is 6.83. The van der Waals surface area contributed by atoms with E-state index in [0.717, 1.165) is 12.1 Å². The van der Waals surface area contributed by atoms with Crippen LogP contribution < -0.4 is 0 Å². The minimum Gasteiger partial charge on any atom is -0.465 e. The molecule has 0 unspecified atom stereocenters. The summed E-state index contributed by atoms with van der Waals surface area (Å²) in [4.78, 5) is 23.7. The molecule has 24 heavy (non-hydrogen) atoms. The fourth-order valence-electron chi connectivity index (χ4n) is 1.97. The minimum atomic E-state index is -4.42. The van der Waals surface area contributed by atoms with E-state index in [0.29, 0.717) is 5.56 Å². The number of alkyl halides is 3. The van der Waals surface area contributed by atoms with Crippen molar-refractivity contribution in [3.63, 3.8) is 0 Å². The second-order valence-electron chi connectivity index (χ2n) is 4.81. The van der Waals surface area contributed by atoms with E-state index < -0.39 is 23.7 Å². The quantitative estimate of drug-likeness (QED) is 0.795. The molecule has 0 amide bonds. The van der Waals surface area contributed by atoms with Gasteiger partial charge in [-0.25, -0.2) is 9.59 Å². The number of halogens is 3. The summed E-state index contributed by atoms with van der Waals surface area (Å²) in [6, 6.07) is 10.2. The van der Waals surface area contributed by atoms with Crippen LogP contribution in [0.3, 0.4) is 0 Å². The molecule has 126 valence electrons. The second-order valence-corrected chi connectivity index (χ2v) is 4.81. The third-order valence-corrected chi connectivity index (χ3v) is 3.20. The molecule has 0 radical (unpaired) electrons. The molecule has 0 bridgehead atoms. The van der Waals surface area contributed by atoms with Crippen molar-refractivity contribution < 1.29 is 32.2 Å². The first-order valence-corrected chi connectivity index (χ1v) is 6.83. The summed E-state index contributed by atoms with van der Waals surface area (Å²) in [5, 5.41) is 0. The van der Waals surface area contributed by atoms with E-state index in [1.807, 2.05) is 0 Å². The zero-order chi connectivity index (χ0) is 17.7. The summed E-state index contributed by atoms with van der Waals surface area (Å²) < 4.78 is 47.1. The lowest BCUT2D eigenvalue weighted by atomic mass is 10.1. The van der Waals surface area contributed by atoms with Crippen molar-refractivity contribution in [3.8, 4) is 0 Å². The largest absolute Gasteiger partial charge is 0.465 e. The molecule has 0 spiro atoms. The Morgan fingerprint density at radius 3 is 1.96 bits per heavy atom. The molecule has 0 fully saturated rings. The molecule has 0 saturated carbocycles. The summed E-state index contributed by atoms with van der Waals surface area (Å²) in [5.74, 6) is -1.45. The molecule has 7 heteroatoms. The molecule has 2 aromatic carbocycles. The molecule has 0 aromatic heterocycles. The monoisotopic (exact) mass is 338 g/mol. The van der Waals surface area contributed by atoms with Gasteiger partial charge in [0.15, 0.2) is 0 Å². The maximum absolute atomic E-state index is 12.5. The fourth-order valence-corrected chi connectivity index (χ4v) is 1.97. The number of benzene rings is 2. The van der Waals surface area contributed by atoms with Crippen molar-refractivity contribution in [3.05, 3.63) is 70.8 Å². The Kier molecular flexibility index (Phi) is 5.23. The van der Waals surface area contributed by atoms with Crippen molar-refractivity contribution in [1.29, 1.82) is 0 Å². The third-order valence-electron chi connectivity index (χ3n) is 3.20. The molecular weight excluding hydrogens is 325 g/mol. The average Bonchev–Trinajstić information content (AvgIpc) is 2.58. The SMILES string of the molecule is COC(=O)c1ccccc1C(=O)OCc1ccc(C(F)(F)F)cc1. The van der Waals surface area contributed by atoms with Crippen molar-refractivity contribution in [2.24, 2.45) is 0 Å². The molecular formula is C17H13F3O4. The van der Waals surface area contributed by atoms with Gasteiger partial charge in [-0.1, -0.05) is 24.3 Å². The molecule has 0 heterocycles. The Morgan fingerprint density at radius 1 is 0.917 bits per heavy atom. The molecule has 0 aliphatic carbocycles. The Labute approximate surface area is 135 Å². The molecule has 2 aromatic rings. The predicted octanol–water partition coefficient (Wildman–Crippen LogP) is 3.85. The van der Waals surface area contributed by atoms with Gasteiger partial charge >= 0.3 is 18.1 Å². The summed E-state index contributed by atoms with van der Waals surface area (Å²) in [6.45, 7) is -0.216. The van der Waals surface area contributed by atoms with Crippen LogP contribution in [-0.2, 0) is 22.3 Å². The number of ether oxygens (including phenoxy) is 2. The van der Waals surface area contributed by atoms with Gasteiger partial charge in [-0.2, -0.15) is 13.2 Å². The van der Waals surface area contributed by atoms with Crippen LogP contribution in [0, 0.1) is 0 Å². The Morgan fingerprint density at radius 2 is 1.46 bits per heavy atom. The first kappa shape index (κ1) is 17.5. The number of carbonyl (C=O) groups is 2. The maximum Gasteiger partial charge on any atom is 0.416 e. The van der Waals surface area contributed by atoms with Gasteiger partial charge in [0.1, 0.15) is 6.61 Å². The summed E-state index contributed by atoms with van der Waals surface area (Å²) in [6.07, 6.45) is -4.42. The zero-order valence-electron chi connectivity index (χ0n) is 12.6. The van der Waals surface area contributed by atoms with E-state index in [-0.39, 0.29) is 17.7 Å². The van der Waals surface area contributed by atoms with Crippen molar-refractivity contribution in [2.75, 3.05) is 7.11 Å². The van der Waals surface area contributed by atoms with Crippen LogP contribution in [0.2, 0.25) is 0 Å². The topological polar surface area (TPSA) is 52.6 Å². The highest BCUT2D eigenvalue weighted by Gasteiger charge is 2.30. The highest BCUT2D eigenvalue weighted by Crippen LogP contribution is 2.29. The van der Waals surface area contributed by atoms with Gasteiger partial charge in [0.2, 0.25) is 0 Å². The van der Waals surface area contributed by atoms with Crippen LogP contribution in [0.25, 0.3) is 0 Å². The summed E-state index contributed by atoms with van der Waals surface area (Å²) in [5.41, 5.74) is -0.311. The van der Waals surface area contributed by atoms with Crippen molar-refractivity contribution in [2.45, 2.75) is 12.8 Å². The van der Waals surface area contributed by atoms with Crippen LogP contribution >= 0.6 is 0 Å².